The Morgan fingerprint density at radius 3 is 2.70 bits per heavy atom. The quantitative estimate of drug-likeness (QED) is 0.471. The Morgan fingerprint density at radius 2 is 1.93 bits per heavy atom. The molecule has 0 bridgehead atoms. The summed E-state index contributed by atoms with van der Waals surface area (Å²) >= 11 is 6.22. The van der Waals surface area contributed by atoms with Crippen LogP contribution in [0.5, 0.6) is 0 Å². The van der Waals surface area contributed by atoms with Gasteiger partial charge in [0.25, 0.3) is 5.91 Å². The van der Waals surface area contributed by atoms with Crippen LogP contribution in [0.4, 0.5) is 0 Å². The third kappa shape index (κ3) is 3.55. The monoisotopic (exact) mass is 421 g/mol. The third-order valence-electron chi connectivity index (χ3n) is 4.86. The minimum atomic E-state index is -0.138. The normalized spacial score (nSPS) is 13.4. The number of amides is 1. The molecule has 5 rings (SSSR count). The van der Waals surface area contributed by atoms with E-state index in [1.54, 1.807) is 23.1 Å². The van der Waals surface area contributed by atoms with E-state index >= 15 is 0 Å². The second-order valence-electron chi connectivity index (χ2n) is 6.92. The number of carbonyl (C=O) groups is 1. The van der Waals surface area contributed by atoms with Crippen molar-refractivity contribution >= 4 is 17.5 Å². The van der Waals surface area contributed by atoms with E-state index in [1.165, 1.54) is 11.0 Å². The molecule has 0 unspecified atom stereocenters. The van der Waals surface area contributed by atoms with Crippen LogP contribution in [0.25, 0.3) is 17.1 Å². The molecule has 1 saturated carbocycles. The summed E-state index contributed by atoms with van der Waals surface area (Å²) in [5, 5.41) is 20.0. The molecule has 0 N–H and O–H groups in total. The molecule has 4 aromatic rings. The van der Waals surface area contributed by atoms with Crippen LogP contribution in [0, 0.1) is 0 Å². The summed E-state index contributed by atoms with van der Waals surface area (Å²) in [4.78, 5) is 15.2. The van der Waals surface area contributed by atoms with Crippen molar-refractivity contribution < 1.29 is 9.21 Å². The minimum absolute atomic E-state index is 0.134. The molecule has 1 aliphatic rings. The predicted octanol–water partition coefficient (Wildman–Crippen LogP) is 3.17. The maximum Gasteiger partial charge on any atom is 0.256 e. The fraction of sp³-hybridized carbons (Fsp3) is 0.200. The van der Waals surface area contributed by atoms with Crippen molar-refractivity contribution in [2.75, 3.05) is 0 Å². The number of carbonyl (C=O) groups excluding carboxylic acids is 1. The molecule has 9 nitrogen and oxygen atoms in total. The van der Waals surface area contributed by atoms with Gasteiger partial charge in [0.2, 0.25) is 11.8 Å². The van der Waals surface area contributed by atoms with Crippen LogP contribution in [0.2, 0.25) is 5.02 Å². The SMILES string of the molecule is O=C(c1ccccc1-n1cnnn1)N(Cc1nnc(-c2ccccc2Cl)o1)C1CC1. The van der Waals surface area contributed by atoms with Crippen molar-refractivity contribution in [2.45, 2.75) is 25.4 Å². The Kier molecular flexibility index (Phi) is 4.72. The van der Waals surface area contributed by atoms with E-state index in [4.69, 9.17) is 16.0 Å². The molecular weight excluding hydrogens is 406 g/mol. The Balaban J connectivity index is 1.43. The van der Waals surface area contributed by atoms with E-state index in [0.29, 0.717) is 33.6 Å². The first-order valence-electron chi connectivity index (χ1n) is 9.41. The van der Waals surface area contributed by atoms with E-state index in [9.17, 15) is 4.79 Å². The number of nitrogens with zero attached hydrogens (tertiary/aromatic N) is 7. The highest BCUT2D eigenvalue weighted by atomic mass is 35.5. The van der Waals surface area contributed by atoms with Gasteiger partial charge in [0.1, 0.15) is 6.33 Å². The van der Waals surface area contributed by atoms with Gasteiger partial charge in [0, 0.05) is 6.04 Å². The van der Waals surface area contributed by atoms with Gasteiger partial charge in [0.15, 0.2) is 0 Å². The van der Waals surface area contributed by atoms with Crippen molar-refractivity contribution in [1.82, 2.24) is 35.3 Å². The second-order valence-corrected chi connectivity index (χ2v) is 7.32. The molecule has 10 heteroatoms. The average Bonchev–Trinajstić information content (AvgIpc) is 3.26. The zero-order chi connectivity index (χ0) is 20.5. The number of para-hydroxylation sites is 1. The van der Waals surface area contributed by atoms with Crippen molar-refractivity contribution in [3.8, 4) is 17.1 Å². The Hall–Kier alpha value is -3.59. The standard InChI is InChI=1S/C20H16ClN7O2/c21-16-7-3-1-5-14(16)19-24-23-18(30-19)11-27(13-9-10-13)20(29)15-6-2-4-8-17(15)28-12-22-25-26-28/h1-8,12-13H,9-11H2. The molecule has 1 amide bonds. The van der Waals surface area contributed by atoms with Gasteiger partial charge in [-0.25, -0.2) is 0 Å². The lowest BCUT2D eigenvalue weighted by Gasteiger charge is -2.21. The number of benzene rings is 2. The molecule has 150 valence electrons. The summed E-state index contributed by atoms with van der Waals surface area (Å²) in [6, 6.07) is 14.6. The Labute approximate surface area is 176 Å². The van der Waals surface area contributed by atoms with Crippen molar-refractivity contribution in [3.63, 3.8) is 0 Å². The van der Waals surface area contributed by atoms with Crippen molar-refractivity contribution in [2.24, 2.45) is 0 Å². The summed E-state index contributed by atoms with van der Waals surface area (Å²) in [6.07, 6.45) is 3.33. The smallest absolute Gasteiger partial charge is 0.256 e. The number of hydrogen-bond acceptors (Lipinski definition) is 7. The van der Waals surface area contributed by atoms with Gasteiger partial charge in [0.05, 0.1) is 28.4 Å². The first kappa shape index (κ1) is 18.4. The predicted molar refractivity (Wildman–Crippen MR) is 107 cm³/mol. The molecule has 2 aromatic heterocycles. The van der Waals surface area contributed by atoms with Crippen LogP contribution in [0.3, 0.4) is 0 Å². The zero-order valence-corrected chi connectivity index (χ0v) is 16.5. The van der Waals surface area contributed by atoms with Gasteiger partial charge in [-0.3, -0.25) is 4.79 Å². The number of aromatic nitrogens is 6. The average molecular weight is 422 g/mol. The van der Waals surface area contributed by atoms with Crippen LogP contribution in [-0.2, 0) is 6.54 Å². The third-order valence-corrected chi connectivity index (χ3v) is 5.19. The van der Waals surface area contributed by atoms with Gasteiger partial charge in [-0.05, 0) is 47.5 Å². The maximum atomic E-state index is 13.4. The van der Waals surface area contributed by atoms with Crippen LogP contribution < -0.4 is 0 Å². The van der Waals surface area contributed by atoms with Gasteiger partial charge in [-0.15, -0.1) is 15.3 Å². The summed E-state index contributed by atoms with van der Waals surface area (Å²) in [5.74, 6) is 0.541. The Morgan fingerprint density at radius 1 is 1.13 bits per heavy atom. The first-order chi connectivity index (χ1) is 14.7. The number of halogens is 1. The van der Waals surface area contributed by atoms with Gasteiger partial charge in [-0.2, -0.15) is 4.68 Å². The lowest BCUT2D eigenvalue weighted by Crippen LogP contribution is -2.33. The molecular formula is C20H16ClN7O2. The summed E-state index contributed by atoms with van der Waals surface area (Å²) < 4.78 is 7.28. The minimum Gasteiger partial charge on any atom is -0.419 e. The molecule has 0 atom stereocenters. The topological polar surface area (TPSA) is 103 Å². The summed E-state index contributed by atoms with van der Waals surface area (Å²) in [5.41, 5.74) is 1.77. The van der Waals surface area contributed by atoms with E-state index in [-0.39, 0.29) is 18.5 Å². The molecule has 0 saturated heterocycles. The van der Waals surface area contributed by atoms with E-state index in [2.05, 4.69) is 25.7 Å². The molecule has 2 aromatic carbocycles. The highest BCUT2D eigenvalue weighted by Crippen LogP contribution is 2.32. The van der Waals surface area contributed by atoms with Crippen LogP contribution >= 0.6 is 11.6 Å². The van der Waals surface area contributed by atoms with Crippen LogP contribution in [-0.4, -0.2) is 47.3 Å². The molecule has 0 spiro atoms. The van der Waals surface area contributed by atoms with Crippen molar-refractivity contribution in [1.29, 1.82) is 0 Å². The van der Waals surface area contributed by atoms with E-state index in [1.807, 2.05) is 30.3 Å². The van der Waals surface area contributed by atoms with E-state index < -0.39 is 0 Å². The molecule has 2 heterocycles. The highest BCUT2D eigenvalue weighted by molar-refractivity contribution is 6.33. The zero-order valence-electron chi connectivity index (χ0n) is 15.7. The molecule has 0 aliphatic heterocycles. The van der Waals surface area contributed by atoms with E-state index in [0.717, 1.165) is 12.8 Å². The maximum absolute atomic E-state index is 13.4. The summed E-state index contributed by atoms with van der Waals surface area (Å²) in [6.45, 7) is 0.213. The molecule has 0 radical (unpaired) electrons. The highest BCUT2D eigenvalue weighted by Gasteiger charge is 2.35. The van der Waals surface area contributed by atoms with Gasteiger partial charge >= 0.3 is 0 Å². The second kappa shape index (κ2) is 7.68. The van der Waals surface area contributed by atoms with Gasteiger partial charge < -0.3 is 9.32 Å². The number of tetrazole rings is 1. The lowest BCUT2D eigenvalue weighted by atomic mass is 10.1. The first-order valence-corrected chi connectivity index (χ1v) is 9.79. The van der Waals surface area contributed by atoms with Gasteiger partial charge in [-0.1, -0.05) is 35.9 Å². The molecule has 1 aliphatic carbocycles. The molecule has 1 fully saturated rings. The Bertz CT molecular complexity index is 1190. The fourth-order valence-electron chi connectivity index (χ4n) is 3.24. The largest absolute Gasteiger partial charge is 0.419 e. The van der Waals surface area contributed by atoms with Crippen LogP contribution in [0.15, 0.2) is 59.3 Å². The van der Waals surface area contributed by atoms with Crippen LogP contribution in [0.1, 0.15) is 29.1 Å². The lowest BCUT2D eigenvalue weighted by molar-refractivity contribution is 0.0714. The van der Waals surface area contributed by atoms with Crippen molar-refractivity contribution in [3.05, 3.63) is 71.3 Å². The molecule has 30 heavy (non-hydrogen) atoms. The summed E-state index contributed by atoms with van der Waals surface area (Å²) in [7, 11) is 0. The number of rotatable bonds is 6. The fourth-order valence-corrected chi connectivity index (χ4v) is 3.46. The number of hydrogen-bond donors (Lipinski definition) is 0.